The van der Waals surface area contributed by atoms with Crippen LogP contribution in [0.1, 0.15) is 59.9 Å². The van der Waals surface area contributed by atoms with E-state index < -0.39 is 17.6 Å². The molecule has 1 saturated heterocycles. The number of hydrogen-bond acceptors (Lipinski definition) is 4. The van der Waals surface area contributed by atoms with Gasteiger partial charge in [0.25, 0.3) is 5.91 Å². The van der Waals surface area contributed by atoms with E-state index in [0.29, 0.717) is 29.7 Å². The monoisotopic (exact) mass is 379 g/mol. The molecule has 5 nitrogen and oxygen atoms in total. The van der Waals surface area contributed by atoms with Gasteiger partial charge in [0.1, 0.15) is 11.6 Å². The molecule has 0 aromatic heterocycles. The lowest BCUT2D eigenvalue weighted by Crippen LogP contribution is -2.44. The number of carbonyl (C=O) groups is 3. The molecule has 0 radical (unpaired) electrons. The molecule has 1 aliphatic heterocycles. The molecule has 1 aliphatic rings. The fourth-order valence-electron chi connectivity index (χ4n) is 3.39. The molecule has 0 N–H and O–H groups in total. The van der Waals surface area contributed by atoms with E-state index in [4.69, 9.17) is 4.74 Å². The maximum atomic E-state index is 13.2. The lowest BCUT2D eigenvalue weighted by molar-refractivity contribution is -0.159. The zero-order valence-corrected chi connectivity index (χ0v) is 16.5. The number of ether oxygens (including phenoxy) is 1. The van der Waals surface area contributed by atoms with Crippen molar-refractivity contribution >= 4 is 17.7 Å². The van der Waals surface area contributed by atoms with Gasteiger partial charge in [0, 0.05) is 17.7 Å². The molecule has 1 heterocycles. The van der Waals surface area contributed by atoms with Crippen molar-refractivity contribution < 1.29 is 19.1 Å². The molecule has 2 aromatic carbocycles. The minimum atomic E-state index is -0.619. The van der Waals surface area contributed by atoms with Crippen LogP contribution >= 0.6 is 0 Å². The number of amides is 1. The molecule has 5 heteroatoms. The van der Waals surface area contributed by atoms with Crippen molar-refractivity contribution in [3.63, 3.8) is 0 Å². The number of likely N-dealkylation sites (tertiary alicyclic amines) is 1. The van der Waals surface area contributed by atoms with Crippen molar-refractivity contribution in [2.45, 2.75) is 45.3 Å². The Hall–Kier alpha value is -2.95. The second kappa shape index (κ2) is 7.97. The normalized spacial score (nSPS) is 16.7. The van der Waals surface area contributed by atoms with Gasteiger partial charge < -0.3 is 9.64 Å². The number of rotatable bonds is 4. The van der Waals surface area contributed by atoms with Crippen LogP contribution in [0, 0.1) is 0 Å². The van der Waals surface area contributed by atoms with Crippen molar-refractivity contribution in [3.8, 4) is 0 Å². The molecule has 1 atom stereocenters. The molecule has 3 rings (SSSR count). The highest BCUT2D eigenvalue weighted by molar-refractivity contribution is 6.15. The lowest BCUT2D eigenvalue weighted by atomic mass is 9.97. The summed E-state index contributed by atoms with van der Waals surface area (Å²) in [7, 11) is 0. The zero-order chi connectivity index (χ0) is 20.3. The van der Waals surface area contributed by atoms with Crippen LogP contribution in [-0.4, -0.2) is 40.7 Å². The van der Waals surface area contributed by atoms with Crippen molar-refractivity contribution in [2.75, 3.05) is 6.54 Å². The van der Waals surface area contributed by atoms with E-state index in [1.54, 1.807) is 69.3 Å². The number of carbonyl (C=O) groups excluding carboxylic acids is 3. The van der Waals surface area contributed by atoms with E-state index >= 15 is 0 Å². The highest BCUT2D eigenvalue weighted by Crippen LogP contribution is 2.25. The summed E-state index contributed by atoms with van der Waals surface area (Å²) in [6, 6.07) is 15.0. The van der Waals surface area contributed by atoms with Crippen LogP contribution in [-0.2, 0) is 9.53 Å². The van der Waals surface area contributed by atoms with Gasteiger partial charge in [-0.05, 0) is 39.7 Å². The molecule has 2 aromatic rings. The Kier molecular flexibility index (Phi) is 5.63. The molecule has 1 fully saturated rings. The highest BCUT2D eigenvalue weighted by Gasteiger charge is 2.38. The molecule has 1 amide bonds. The first-order valence-electron chi connectivity index (χ1n) is 9.50. The third kappa shape index (κ3) is 4.30. The summed E-state index contributed by atoms with van der Waals surface area (Å²) in [6.45, 7) is 5.89. The van der Waals surface area contributed by atoms with Crippen molar-refractivity contribution in [3.05, 3.63) is 71.3 Å². The van der Waals surface area contributed by atoms with Gasteiger partial charge in [-0.1, -0.05) is 48.5 Å². The zero-order valence-electron chi connectivity index (χ0n) is 16.5. The first kappa shape index (κ1) is 19.8. The van der Waals surface area contributed by atoms with Gasteiger partial charge in [-0.25, -0.2) is 4.79 Å². The van der Waals surface area contributed by atoms with Crippen LogP contribution in [0.2, 0.25) is 0 Å². The Balaban J connectivity index is 1.89. The molecular formula is C23H25NO4. The highest BCUT2D eigenvalue weighted by atomic mass is 16.6. The van der Waals surface area contributed by atoms with Gasteiger partial charge in [-0.15, -0.1) is 0 Å². The fourth-order valence-corrected chi connectivity index (χ4v) is 3.39. The van der Waals surface area contributed by atoms with Crippen molar-refractivity contribution in [1.82, 2.24) is 4.90 Å². The van der Waals surface area contributed by atoms with Crippen molar-refractivity contribution in [1.29, 1.82) is 0 Å². The van der Waals surface area contributed by atoms with Gasteiger partial charge in [0.05, 0.1) is 5.56 Å². The average Bonchev–Trinajstić information content (AvgIpc) is 3.16. The molecule has 0 unspecified atom stereocenters. The molecular weight excluding hydrogens is 354 g/mol. The smallest absolute Gasteiger partial charge is 0.329 e. The Morgan fingerprint density at radius 3 is 2.18 bits per heavy atom. The largest absolute Gasteiger partial charge is 0.458 e. The quantitative estimate of drug-likeness (QED) is 0.598. The number of hydrogen-bond donors (Lipinski definition) is 0. The van der Waals surface area contributed by atoms with Crippen LogP contribution in [0.5, 0.6) is 0 Å². The summed E-state index contributed by atoms with van der Waals surface area (Å²) in [5.41, 5.74) is 0.559. The van der Waals surface area contributed by atoms with Crippen LogP contribution < -0.4 is 0 Å². The third-order valence-corrected chi connectivity index (χ3v) is 4.63. The molecule has 0 saturated carbocycles. The molecule has 0 bridgehead atoms. The number of esters is 1. The Labute approximate surface area is 165 Å². The Morgan fingerprint density at radius 2 is 1.54 bits per heavy atom. The third-order valence-electron chi connectivity index (χ3n) is 4.63. The topological polar surface area (TPSA) is 63.7 Å². The average molecular weight is 379 g/mol. The minimum Gasteiger partial charge on any atom is -0.458 e. The SMILES string of the molecule is CC(C)(C)OC(=O)[C@@H]1CCCN1C(=O)c1ccccc1C(=O)c1ccccc1. The summed E-state index contributed by atoms with van der Waals surface area (Å²) < 4.78 is 5.49. The maximum Gasteiger partial charge on any atom is 0.329 e. The predicted octanol–water partition coefficient (Wildman–Crippen LogP) is 3.86. The van der Waals surface area contributed by atoms with E-state index in [-0.39, 0.29) is 11.7 Å². The van der Waals surface area contributed by atoms with E-state index in [9.17, 15) is 14.4 Å². The van der Waals surface area contributed by atoms with Gasteiger partial charge in [-0.3, -0.25) is 9.59 Å². The first-order chi connectivity index (χ1) is 13.3. The van der Waals surface area contributed by atoms with Crippen LogP contribution in [0.15, 0.2) is 54.6 Å². The summed E-state index contributed by atoms with van der Waals surface area (Å²) in [5, 5.41) is 0. The van der Waals surface area contributed by atoms with E-state index in [2.05, 4.69) is 0 Å². The standard InChI is InChI=1S/C23H25NO4/c1-23(2,3)28-22(27)19-14-9-15-24(19)21(26)18-13-8-7-12-17(18)20(25)16-10-5-4-6-11-16/h4-8,10-13,19H,9,14-15H2,1-3H3/t19-/m0/s1. The first-order valence-corrected chi connectivity index (χ1v) is 9.50. The minimum absolute atomic E-state index is 0.211. The maximum absolute atomic E-state index is 13.2. The molecule has 146 valence electrons. The number of nitrogens with zero attached hydrogens (tertiary/aromatic N) is 1. The van der Waals surface area contributed by atoms with Crippen LogP contribution in [0.4, 0.5) is 0 Å². The number of ketones is 1. The molecule has 0 spiro atoms. The van der Waals surface area contributed by atoms with Gasteiger partial charge in [0.15, 0.2) is 5.78 Å². The Morgan fingerprint density at radius 1 is 0.929 bits per heavy atom. The summed E-state index contributed by atoms with van der Waals surface area (Å²) in [6.07, 6.45) is 1.29. The summed E-state index contributed by atoms with van der Waals surface area (Å²) in [4.78, 5) is 40.3. The van der Waals surface area contributed by atoms with Gasteiger partial charge >= 0.3 is 5.97 Å². The van der Waals surface area contributed by atoms with E-state index in [0.717, 1.165) is 6.42 Å². The second-order valence-electron chi connectivity index (χ2n) is 7.93. The molecule has 0 aliphatic carbocycles. The second-order valence-corrected chi connectivity index (χ2v) is 7.93. The van der Waals surface area contributed by atoms with Gasteiger partial charge in [0.2, 0.25) is 0 Å². The fraction of sp³-hybridized carbons (Fsp3) is 0.348. The summed E-state index contributed by atoms with van der Waals surface area (Å²) in [5.74, 6) is -0.920. The Bertz CT molecular complexity index is 883. The molecule has 28 heavy (non-hydrogen) atoms. The van der Waals surface area contributed by atoms with E-state index in [1.807, 2.05) is 6.07 Å². The van der Waals surface area contributed by atoms with Crippen LogP contribution in [0.3, 0.4) is 0 Å². The number of benzene rings is 2. The van der Waals surface area contributed by atoms with Crippen LogP contribution in [0.25, 0.3) is 0 Å². The van der Waals surface area contributed by atoms with E-state index in [1.165, 1.54) is 4.90 Å². The summed E-state index contributed by atoms with van der Waals surface area (Å²) >= 11 is 0. The lowest BCUT2D eigenvalue weighted by Gasteiger charge is -2.28. The predicted molar refractivity (Wildman–Crippen MR) is 106 cm³/mol. The van der Waals surface area contributed by atoms with Gasteiger partial charge in [-0.2, -0.15) is 0 Å². The van der Waals surface area contributed by atoms with Crippen molar-refractivity contribution in [2.24, 2.45) is 0 Å².